The van der Waals surface area contributed by atoms with Crippen LogP contribution in [0.15, 0.2) is 29.3 Å². The van der Waals surface area contributed by atoms with E-state index in [0.717, 1.165) is 37.1 Å². The van der Waals surface area contributed by atoms with Crippen molar-refractivity contribution in [3.63, 3.8) is 0 Å². The highest BCUT2D eigenvalue weighted by molar-refractivity contribution is 14.0. The summed E-state index contributed by atoms with van der Waals surface area (Å²) in [6, 6.07) is 9.26. The van der Waals surface area contributed by atoms with Gasteiger partial charge < -0.3 is 10.6 Å². The van der Waals surface area contributed by atoms with E-state index in [1.54, 1.807) is 0 Å². The summed E-state index contributed by atoms with van der Waals surface area (Å²) in [6.45, 7) is 7.30. The fourth-order valence-electron chi connectivity index (χ4n) is 3.35. The van der Waals surface area contributed by atoms with Crippen molar-refractivity contribution in [1.29, 1.82) is 0 Å². The SMILES string of the molecule is Cc1ccc(C(CN=C(N)N2CCSCC2)N2CCCC2)cc1.I. The molecule has 0 aromatic heterocycles. The molecule has 2 saturated heterocycles. The molecule has 0 spiro atoms. The highest BCUT2D eigenvalue weighted by atomic mass is 127. The summed E-state index contributed by atoms with van der Waals surface area (Å²) in [6.07, 6.45) is 2.59. The number of likely N-dealkylation sites (tertiary alicyclic amines) is 1. The number of halogens is 1. The van der Waals surface area contributed by atoms with Crippen molar-refractivity contribution in [1.82, 2.24) is 9.80 Å². The number of hydrogen-bond acceptors (Lipinski definition) is 3. The van der Waals surface area contributed by atoms with Gasteiger partial charge in [-0.05, 0) is 38.4 Å². The summed E-state index contributed by atoms with van der Waals surface area (Å²) < 4.78 is 0. The second kappa shape index (κ2) is 9.87. The fraction of sp³-hybridized carbons (Fsp3) is 0.611. The molecule has 0 aliphatic carbocycles. The molecule has 1 aromatic rings. The van der Waals surface area contributed by atoms with E-state index in [1.165, 1.54) is 37.1 Å². The monoisotopic (exact) mass is 460 g/mol. The van der Waals surface area contributed by atoms with Gasteiger partial charge in [-0.25, -0.2) is 0 Å². The van der Waals surface area contributed by atoms with Crippen molar-refractivity contribution in [2.45, 2.75) is 25.8 Å². The molecule has 3 rings (SSSR count). The van der Waals surface area contributed by atoms with Crippen LogP contribution in [0, 0.1) is 6.92 Å². The van der Waals surface area contributed by atoms with Crippen LogP contribution in [-0.2, 0) is 0 Å². The molecule has 2 N–H and O–H groups in total. The second-order valence-electron chi connectivity index (χ2n) is 6.47. The van der Waals surface area contributed by atoms with Crippen LogP contribution in [0.3, 0.4) is 0 Å². The first-order valence-electron chi connectivity index (χ1n) is 8.67. The lowest BCUT2D eigenvalue weighted by molar-refractivity contribution is 0.251. The van der Waals surface area contributed by atoms with Crippen LogP contribution in [0.25, 0.3) is 0 Å². The van der Waals surface area contributed by atoms with Gasteiger partial charge in [0.2, 0.25) is 0 Å². The highest BCUT2D eigenvalue weighted by Gasteiger charge is 2.23. The quantitative estimate of drug-likeness (QED) is 0.426. The van der Waals surface area contributed by atoms with Gasteiger partial charge >= 0.3 is 0 Å². The van der Waals surface area contributed by atoms with E-state index < -0.39 is 0 Å². The Bertz CT molecular complexity index is 522. The Morgan fingerprint density at radius 2 is 1.75 bits per heavy atom. The Kier molecular flexibility index (Phi) is 8.16. The normalized spacial score (nSPS) is 20.7. The number of nitrogens with two attached hydrogens (primary N) is 1. The Morgan fingerprint density at radius 3 is 2.38 bits per heavy atom. The zero-order chi connectivity index (χ0) is 16.1. The molecule has 0 amide bonds. The molecule has 134 valence electrons. The van der Waals surface area contributed by atoms with Crippen molar-refractivity contribution < 1.29 is 0 Å². The van der Waals surface area contributed by atoms with E-state index in [2.05, 4.69) is 41.0 Å². The van der Waals surface area contributed by atoms with E-state index in [-0.39, 0.29) is 24.0 Å². The van der Waals surface area contributed by atoms with Crippen LogP contribution in [0.5, 0.6) is 0 Å². The molecule has 4 nitrogen and oxygen atoms in total. The minimum absolute atomic E-state index is 0. The first-order chi connectivity index (χ1) is 11.2. The van der Waals surface area contributed by atoms with Crippen LogP contribution >= 0.6 is 35.7 Å². The van der Waals surface area contributed by atoms with Gasteiger partial charge in [-0.1, -0.05) is 29.8 Å². The molecule has 6 heteroatoms. The lowest BCUT2D eigenvalue weighted by atomic mass is 10.0. The predicted molar refractivity (Wildman–Crippen MR) is 116 cm³/mol. The summed E-state index contributed by atoms with van der Waals surface area (Å²) in [5.41, 5.74) is 8.92. The van der Waals surface area contributed by atoms with Crippen LogP contribution in [-0.4, -0.2) is 60.0 Å². The average Bonchev–Trinajstić information content (AvgIpc) is 3.11. The van der Waals surface area contributed by atoms with Crippen molar-refractivity contribution in [3.05, 3.63) is 35.4 Å². The molecule has 2 heterocycles. The lowest BCUT2D eigenvalue weighted by Gasteiger charge is -2.29. The fourth-order valence-corrected chi connectivity index (χ4v) is 4.25. The zero-order valence-corrected chi connectivity index (χ0v) is 17.6. The first kappa shape index (κ1) is 19.8. The van der Waals surface area contributed by atoms with E-state index in [1.807, 2.05) is 11.8 Å². The number of aliphatic imine (C=N–C) groups is 1. The van der Waals surface area contributed by atoms with Gasteiger partial charge in [0, 0.05) is 24.6 Å². The third-order valence-corrected chi connectivity index (χ3v) is 5.75. The van der Waals surface area contributed by atoms with Crippen molar-refractivity contribution in [2.75, 3.05) is 44.2 Å². The van der Waals surface area contributed by atoms with Crippen LogP contribution in [0.1, 0.15) is 30.0 Å². The molecule has 2 aliphatic rings. The molecule has 1 unspecified atom stereocenters. The molecule has 2 aliphatic heterocycles. The molecule has 24 heavy (non-hydrogen) atoms. The number of benzene rings is 1. The Balaban J connectivity index is 0.00000208. The molecule has 0 radical (unpaired) electrons. The van der Waals surface area contributed by atoms with E-state index in [0.29, 0.717) is 6.04 Å². The molecule has 0 saturated carbocycles. The Hall–Kier alpha value is -0.470. The lowest BCUT2D eigenvalue weighted by Crippen LogP contribution is -2.43. The summed E-state index contributed by atoms with van der Waals surface area (Å²) in [5, 5.41) is 0. The summed E-state index contributed by atoms with van der Waals surface area (Å²) >= 11 is 2.00. The average molecular weight is 460 g/mol. The van der Waals surface area contributed by atoms with Gasteiger partial charge in [0.25, 0.3) is 0 Å². The minimum Gasteiger partial charge on any atom is -0.370 e. The van der Waals surface area contributed by atoms with E-state index in [9.17, 15) is 0 Å². The maximum atomic E-state index is 6.25. The number of thioether (sulfide) groups is 1. The van der Waals surface area contributed by atoms with Gasteiger partial charge in [0.05, 0.1) is 12.6 Å². The number of guanidine groups is 1. The number of rotatable bonds is 4. The van der Waals surface area contributed by atoms with Crippen molar-refractivity contribution in [2.24, 2.45) is 10.7 Å². The molecule has 1 atom stereocenters. The van der Waals surface area contributed by atoms with Gasteiger partial charge in [-0.15, -0.1) is 24.0 Å². The van der Waals surface area contributed by atoms with Crippen LogP contribution in [0.2, 0.25) is 0 Å². The van der Waals surface area contributed by atoms with Crippen LogP contribution in [0.4, 0.5) is 0 Å². The number of nitrogens with zero attached hydrogens (tertiary/aromatic N) is 3. The predicted octanol–water partition coefficient (Wildman–Crippen LogP) is 3.11. The molecular formula is C18H29IN4S. The standard InChI is InChI=1S/C18H28N4S.HI/c1-15-4-6-16(7-5-15)17(21-8-2-3-9-21)14-20-18(19)22-10-12-23-13-11-22;/h4-7,17H,2-3,8-14H2,1H3,(H2,19,20);1H. The number of hydrogen-bond donors (Lipinski definition) is 1. The summed E-state index contributed by atoms with van der Waals surface area (Å²) in [7, 11) is 0. The topological polar surface area (TPSA) is 44.9 Å². The largest absolute Gasteiger partial charge is 0.370 e. The van der Waals surface area contributed by atoms with Crippen LogP contribution < -0.4 is 5.73 Å². The van der Waals surface area contributed by atoms with Gasteiger partial charge in [-0.2, -0.15) is 11.8 Å². The maximum Gasteiger partial charge on any atom is 0.191 e. The highest BCUT2D eigenvalue weighted by Crippen LogP contribution is 2.26. The van der Waals surface area contributed by atoms with E-state index in [4.69, 9.17) is 10.7 Å². The molecule has 0 bridgehead atoms. The molecule has 2 fully saturated rings. The first-order valence-corrected chi connectivity index (χ1v) is 9.83. The zero-order valence-electron chi connectivity index (χ0n) is 14.5. The number of aryl methyl sites for hydroxylation is 1. The maximum absolute atomic E-state index is 6.25. The van der Waals surface area contributed by atoms with Gasteiger partial charge in [0.15, 0.2) is 5.96 Å². The van der Waals surface area contributed by atoms with E-state index >= 15 is 0 Å². The Labute approximate surface area is 167 Å². The Morgan fingerprint density at radius 1 is 1.12 bits per heavy atom. The molecule has 1 aromatic carbocycles. The van der Waals surface area contributed by atoms with Gasteiger partial charge in [0.1, 0.15) is 0 Å². The molecular weight excluding hydrogens is 431 g/mol. The third-order valence-electron chi connectivity index (χ3n) is 4.80. The summed E-state index contributed by atoms with van der Waals surface area (Å²) in [5.74, 6) is 3.04. The third kappa shape index (κ3) is 5.26. The van der Waals surface area contributed by atoms with Crippen molar-refractivity contribution >= 4 is 41.7 Å². The van der Waals surface area contributed by atoms with Crippen molar-refractivity contribution in [3.8, 4) is 0 Å². The summed E-state index contributed by atoms with van der Waals surface area (Å²) in [4.78, 5) is 9.55. The minimum atomic E-state index is 0. The second-order valence-corrected chi connectivity index (χ2v) is 7.69. The van der Waals surface area contributed by atoms with Gasteiger partial charge in [-0.3, -0.25) is 9.89 Å². The smallest absolute Gasteiger partial charge is 0.191 e.